The van der Waals surface area contributed by atoms with Gasteiger partial charge in [0.1, 0.15) is 5.76 Å². The lowest BCUT2D eigenvalue weighted by Crippen LogP contribution is -2.25. The van der Waals surface area contributed by atoms with Crippen molar-refractivity contribution in [1.82, 2.24) is 0 Å². The quantitative estimate of drug-likeness (QED) is 0.364. The number of aliphatic hydroxyl groups is 1. The molecule has 1 saturated carbocycles. The van der Waals surface area contributed by atoms with Gasteiger partial charge in [-0.15, -0.1) is 0 Å². The highest BCUT2D eigenvalue weighted by Crippen LogP contribution is 2.67. The van der Waals surface area contributed by atoms with Gasteiger partial charge in [-0.1, -0.05) is 33.8 Å². The summed E-state index contributed by atoms with van der Waals surface area (Å²) in [4.78, 5) is 0. The lowest BCUT2D eigenvalue weighted by molar-refractivity contribution is 0.264. The second kappa shape index (κ2) is 7.46. The van der Waals surface area contributed by atoms with Crippen LogP contribution < -0.4 is 9.47 Å². The van der Waals surface area contributed by atoms with Crippen molar-refractivity contribution < 1.29 is 19.3 Å². The van der Waals surface area contributed by atoms with Crippen LogP contribution in [0.1, 0.15) is 80.3 Å². The Balaban J connectivity index is 1.55. The molecule has 4 aliphatic rings. The van der Waals surface area contributed by atoms with Crippen molar-refractivity contribution >= 4 is 0 Å². The standard InChI is InChI=1S/C33H38O4/c1-17-18(2)20(4)30-29(19(17)3)36-27-13-23-24(14-28(27)37-30)33(16-32(23,7)8)15-31(5,6)22-12-26(35-9)25(34)11-10-21(22)33/h10,12-14,34H,11,15-16H2,1-9H3. The van der Waals surface area contributed by atoms with Crippen molar-refractivity contribution in [2.75, 3.05) is 7.11 Å². The molecule has 4 nitrogen and oxygen atoms in total. The van der Waals surface area contributed by atoms with Gasteiger partial charge in [0.2, 0.25) is 0 Å². The van der Waals surface area contributed by atoms with Crippen LogP contribution in [0.15, 0.2) is 46.9 Å². The molecule has 1 N–H and O–H groups in total. The van der Waals surface area contributed by atoms with Crippen LogP contribution in [0.25, 0.3) is 0 Å². The minimum absolute atomic E-state index is 0.0413. The maximum absolute atomic E-state index is 10.7. The third-order valence-electron chi connectivity index (χ3n) is 9.63. The van der Waals surface area contributed by atoms with Gasteiger partial charge >= 0.3 is 0 Å². The van der Waals surface area contributed by atoms with Gasteiger partial charge in [-0.3, -0.25) is 0 Å². The number of aliphatic hydroxyl groups excluding tert-OH is 1. The fourth-order valence-electron chi connectivity index (χ4n) is 7.56. The second-order valence-corrected chi connectivity index (χ2v) is 12.8. The van der Waals surface area contributed by atoms with Crippen molar-refractivity contribution in [1.29, 1.82) is 0 Å². The van der Waals surface area contributed by atoms with E-state index in [0.29, 0.717) is 12.2 Å². The lowest BCUT2D eigenvalue weighted by Gasteiger charge is -2.31. The van der Waals surface area contributed by atoms with Gasteiger partial charge in [0.25, 0.3) is 0 Å². The van der Waals surface area contributed by atoms with Crippen LogP contribution in [0, 0.1) is 33.1 Å². The summed E-state index contributed by atoms with van der Waals surface area (Å²) in [5.41, 5.74) is 9.72. The third-order valence-corrected chi connectivity index (χ3v) is 9.63. The van der Waals surface area contributed by atoms with Gasteiger partial charge in [0.15, 0.2) is 28.8 Å². The van der Waals surface area contributed by atoms with E-state index in [1.54, 1.807) is 7.11 Å². The summed E-state index contributed by atoms with van der Waals surface area (Å²) in [6, 6.07) is 4.48. The number of fused-ring (bicyclic) bond motifs is 6. The van der Waals surface area contributed by atoms with E-state index >= 15 is 0 Å². The van der Waals surface area contributed by atoms with Crippen molar-refractivity contribution in [2.24, 2.45) is 5.41 Å². The van der Waals surface area contributed by atoms with E-state index in [0.717, 1.165) is 47.0 Å². The zero-order chi connectivity index (χ0) is 26.7. The number of ether oxygens (including phenoxy) is 3. The summed E-state index contributed by atoms with van der Waals surface area (Å²) in [6.45, 7) is 17.9. The maximum Gasteiger partial charge on any atom is 0.173 e. The molecule has 1 spiro atoms. The number of allylic oxidation sites excluding steroid dienone is 4. The maximum atomic E-state index is 10.7. The summed E-state index contributed by atoms with van der Waals surface area (Å²) in [5, 5.41) is 10.7. The van der Waals surface area contributed by atoms with Crippen LogP contribution in [-0.2, 0) is 15.6 Å². The van der Waals surface area contributed by atoms with Crippen molar-refractivity contribution in [3.63, 3.8) is 0 Å². The smallest absolute Gasteiger partial charge is 0.173 e. The van der Waals surface area contributed by atoms with Gasteiger partial charge in [-0.05, 0) is 114 Å². The average molecular weight is 499 g/mol. The molecule has 1 aliphatic heterocycles. The molecule has 1 fully saturated rings. The Morgan fingerprint density at radius 3 is 1.86 bits per heavy atom. The molecular formula is C33H38O4. The van der Waals surface area contributed by atoms with Crippen molar-refractivity contribution in [3.05, 3.63) is 80.3 Å². The molecule has 37 heavy (non-hydrogen) atoms. The van der Waals surface area contributed by atoms with E-state index in [1.807, 2.05) is 0 Å². The molecule has 194 valence electrons. The van der Waals surface area contributed by atoms with Gasteiger partial charge in [0, 0.05) is 11.8 Å². The lowest BCUT2D eigenvalue weighted by atomic mass is 9.73. The summed E-state index contributed by atoms with van der Waals surface area (Å²) >= 11 is 0. The normalized spacial score (nSPS) is 24.2. The number of methoxy groups -OCH3 is 1. The summed E-state index contributed by atoms with van der Waals surface area (Å²) in [5.74, 6) is 4.11. The van der Waals surface area contributed by atoms with Crippen LogP contribution in [0.3, 0.4) is 0 Å². The molecule has 6 rings (SSSR count). The Morgan fingerprint density at radius 2 is 1.30 bits per heavy atom. The fourth-order valence-corrected chi connectivity index (χ4v) is 7.56. The Hall–Kier alpha value is -3.14. The van der Waals surface area contributed by atoms with Gasteiger partial charge in [-0.25, -0.2) is 0 Å². The number of rotatable bonds is 1. The third kappa shape index (κ3) is 3.14. The van der Waals surface area contributed by atoms with Crippen LogP contribution in [-0.4, -0.2) is 12.2 Å². The number of hydrogen-bond donors (Lipinski definition) is 1. The minimum atomic E-state index is -0.162. The van der Waals surface area contributed by atoms with E-state index in [1.165, 1.54) is 33.4 Å². The summed E-state index contributed by atoms with van der Waals surface area (Å²) in [6.07, 6.45) is 6.77. The number of hydrogen-bond acceptors (Lipinski definition) is 4. The first-order valence-corrected chi connectivity index (χ1v) is 13.3. The molecule has 0 amide bonds. The van der Waals surface area contributed by atoms with Crippen LogP contribution in [0.2, 0.25) is 0 Å². The molecule has 0 bridgehead atoms. The first-order valence-electron chi connectivity index (χ1n) is 13.3. The Kier molecular flexibility index (Phi) is 4.88. The zero-order valence-corrected chi connectivity index (χ0v) is 23.6. The van der Waals surface area contributed by atoms with Crippen molar-refractivity contribution in [2.45, 2.75) is 85.5 Å². The van der Waals surface area contributed by atoms with E-state index in [4.69, 9.17) is 14.2 Å². The van der Waals surface area contributed by atoms with Gasteiger partial charge in [-0.2, -0.15) is 0 Å². The second-order valence-electron chi connectivity index (χ2n) is 12.8. The average Bonchev–Trinajstić information content (AvgIpc) is 3.08. The number of benzene rings is 2. The fraction of sp³-hybridized carbons (Fsp3) is 0.455. The first-order chi connectivity index (χ1) is 17.3. The molecule has 0 aromatic heterocycles. The predicted octanol–water partition coefficient (Wildman–Crippen LogP) is 8.84. The van der Waals surface area contributed by atoms with E-state index < -0.39 is 0 Å². The Bertz CT molecular complexity index is 1480. The molecular weight excluding hydrogens is 460 g/mol. The van der Waals surface area contributed by atoms with Crippen molar-refractivity contribution in [3.8, 4) is 23.0 Å². The molecule has 0 saturated heterocycles. The molecule has 3 aliphatic carbocycles. The Labute approximate surface area is 220 Å². The highest BCUT2D eigenvalue weighted by atomic mass is 16.6. The molecule has 1 atom stereocenters. The van der Waals surface area contributed by atoms with E-state index in [9.17, 15) is 5.11 Å². The molecule has 1 heterocycles. The highest BCUT2D eigenvalue weighted by molar-refractivity contribution is 5.69. The van der Waals surface area contributed by atoms with E-state index in [-0.39, 0.29) is 22.0 Å². The Morgan fingerprint density at radius 1 is 0.757 bits per heavy atom. The molecule has 1 unspecified atom stereocenters. The first kappa shape index (κ1) is 24.2. The summed E-state index contributed by atoms with van der Waals surface area (Å²) < 4.78 is 18.8. The predicted molar refractivity (Wildman–Crippen MR) is 147 cm³/mol. The van der Waals surface area contributed by atoms with Crippen LogP contribution in [0.5, 0.6) is 23.0 Å². The molecule has 4 heteroatoms. The largest absolute Gasteiger partial charge is 0.508 e. The van der Waals surface area contributed by atoms with Gasteiger partial charge in [0.05, 0.1) is 7.11 Å². The van der Waals surface area contributed by atoms with E-state index in [2.05, 4.69) is 79.7 Å². The topological polar surface area (TPSA) is 47.9 Å². The zero-order valence-electron chi connectivity index (χ0n) is 23.6. The SMILES string of the molecule is COC1=C(O)CC=C2C(=C1)C(C)(C)CC21CC(C)(C)c2cc3c(cc21)Oc1c(C)c(C)c(C)c(C)c1O3. The van der Waals surface area contributed by atoms with Crippen LogP contribution >= 0.6 is 0 Å². The monoisotopic (exact) mass is 498 g/mol. The summed E-state index contributed by atoms with van der Waals surface area (Å²) in [7, 11) is 1.63. The molecule has 2 aromatic rings. The highest BCUT2D eigenvalue weighted by Gasteiger charge is 2.58. The molecule has 0 radical (unpaired) electrons. The minimum Gasteiger partial charge on any atom is -0.508 e. The molecule has 2 aromatic carbocycles. The van der Waals surface area contributed by atoms with Crippen LogP contribution in [0.4, 0.5) is 0 Å². The van der Waals surface area contributed by atoms with Gasteiger partial charge < -0.3 is 19.3 Å².